The second kappa shape index (κ2) is 8.03. The number of benzene rings is 1. The van der Waals surface area contributed by atoms with E-state index in [1.807, 2.05) is 28.8 Å². The van der Waals surface area contributed by atoms with E-state index < -0.39 is 0 Å². The number of pyridine rings is 2. The highest BCUT2D eigenvalue weighted by Crippen LogP contribution is 2.24. The molecule has 6 aromatic rings. The van der Waals surface area contributed by atoms with Crippen LogP contribution in [-0.2, 0) is 13.0 Å². The van der Waals surface area contributed by atoms with Gasteiger partial charge in [-0.1, -0.05) is 29.3 Å². The highest BCUT2D eigenvalue weighted by atomic mass is 35.5. The second-order valence-corrected chi connectivity index (χ2v) is 8.70. The molecule has 0 aliphatic rings. The summed E-state index contributed by atoms with van der Waals surface area (Å²) in [5.74, 6) is 0.786. The molecule has 0 aliphatic heterocycles. The molecule has 0 radical (unpaired) electrons. The van der Waals surface area contributed by atoms with Crippen LogP contribution in [0.5, 0.6) is 0 Å². The Kier molecular flexibility index (Phi) is 4.86. The number of imidazole rings is 1. The molecular weight excluding hydrogens is 457 g/mol. The first-order chi connectivity index (χ1) is 16.1. The van der Waals surface area contributed by atoms with Crippen LogP contribution in [0.15, 0.2) is 67.6 Å². The summed E-state index contributed by atoms with van der Waals surface area (Å²) < 4.78 is 1.90. The van der Waals surface area contributed by atoms with Gasteiger partial charge in [-0.25, -0.2) is 15.0 Å². The molecule has 1 aromatic carbocycles. The van der Waals surface area contributed by atoms with Crippen molar-refractivity contribution in [1.29, 1.82) is 0 Å². The number of rotatable bonds is 5. The number of nitrogens with zero attached hydrogens (tertiary/aromatic N) is 5. The Morgan fingerprint density at radius 1 is 0.909 bits per heavy atom. The van der Waals surface area contributed by atoms with Gasteiger partial charge in [-0.15, -0.1) is 0 Å². The maximum absolute atomic E-state index is 6.22. The molecule has 0 saturated heterocycles. The molecule has 33 heavy (non-hydrogen) atoms. The van der Waals surface area contributed by atoms with E-state index in [0.29, 0.717) is 23.0 Å². The lowest BCUT2D eigenvalue weighted by Gasteiger charge is -2.07. The van der Waals surface area contributed by atoms with E-state index in [1.165, 1.54) is 0 Å². The quantitative estimate of drug-likeness (QED) is 0.337. The molecule has 0 unspecified atom stereocenters. The van der Waals surface area contributed by atoms with Crippen LogP contribution in [0, 0.1) is 0 Å². The first kappa shape index (κ1) is 20.0. The lowest BCUT2D eigenvalue weighted by molar-refractivity contribution is 0.998. The first-order valence-electron chi connectivity index (χ1n) is 10.3. The average molecular weight is 474 g/mol. The number of anilines is 1. The van der Waals surface area contributed by atoms with Gasteiger partial charge in [-0.2, -0.15) is 0 Å². The summed E-state index contributed by atoms with van der Waals surface area (Å²) in [5, 5.41) is 6.62. The van der Waals surface area contributed by atoms with Crippen LogP contribution in [0.25, 0.3) is 27.5 Å². The predicted molar refractivity (Wildman–Crippen MR) is 131 cm³/mol. The molecule has 9 heteroatoms. The molecule has 0 fully saturated rings. The van der Waals surface area contributed by atoms with Gasteiger partial charge < -0.3 is 10.3 Å². The summed E-state index contributed by atoms with van der Waals surface area (Å²) in [6.45, 7) is 0.577. The van der Waals surface area contributed by atoms with Crippen LogP contribution < -0.4 is 5.32 Å². The normalized spacial score (nSPS) is 11.6. The largest absolute Gasteiger partial charge is 0.364 e. The maximum atomic E-state index is 6.22. The smallest absolute Gasteiger partial charge is 0.152 e. The summed E-state index contributed by atoms with van der Waals surface area (Å²) in [6, 6.07) is 12.2. The van der Waals surface area contributed by atoms with Crippen molar-refractivity contribution in [3.8, 4) is 0 Å². The zero-order valence-electron chi connectivity index (χ0n) is 17.3. The number of aromatic nitrogens is 6. The summed E-state index contributed by atoms with van der Waals surface area (Å²) in [4.78, 5) is 20.9. The van der Waals surface area contributed by atoms with Crippen molar-refractivity contribution in [2.75, 3.05) is 5.32 Å². The van der Waals surface area contributed by atoms with E-state index in [4.69, 9.17) is 23.2 Å². The minimum Gasteiger partial charge on any atom is -0.364 e. The Morgan fingerprint density at radius 3 is 2.76 bits per heavy atom. The zero-order chi connectivity index (χ0) is 22.4. The third-order valence-corrected chi connectivity index (χ3v) is 6.10. The standard InChI is InChI=1S/C24H17Cl2N7/c25-17-6-16-3-14(1-2-21(16)27-10-17)4-18-7-22-24(32-13-33(22)12-31-18)29-9-15-5-19-20(26)11-30-23(19)28-8-15/h1-3,5-8,10-13,29H,4,9H2,(H,28,30). The average Bonchev–Trinajstić information content (AvgIpc) is 3.40. The Morgan fingerprint density at radius 2 is 1.82 bits per heavy atom. The summed E-state index contributed by atoms with van der Waals surface area (Å²) >= 11 is 12.3. The molecule has 5 aromatic heterocycles. The molecule has 0 amide bonds. The SMILES string of the molecule is Clc1cnc2ccc(Cc3cc4c(NCc5cnc6[nH]cc(Cl)c6c5)ncn4cn3)cc2c1. The number of hydrogen-bond donors (Lipinski definition) is 2. The van der Waals surface area contributed by atoms with Gasteiger partial charge >= 0.3 is 0 Å². The van der Waals surface area contributed by atoms with Gasteiger partial charge in [0.15, 0.2) is 5.82 Å². The molecule has 6 rings (SSSR count). The van der Waals surface area contributed by atoms with E-state index in [1.54, 1.807) is 25.0 Å². The van der Waals surface area contributed by atoms with Gasteiger partial charge in [-0.05, 0) is 41.5 Å². The third kappa shape index (κ3) is 3.86. The second-order valence-electron chi connectivity index (χ2n) is 7.85. The fraction of sp³-hybridized carbons (Fsp3) is 0.0833. The summed E-state index contributed by atoms with van der Waals surface area (Å²) in [6.07, 6.45) is 9.46. The number of fused-ring (bicyclic) bond motifs is 3. The van der Waals surface area contributed by atoms with Crippen molar-refractivity contribution in [1.82, 2.24) is 29.3 Å². The van der Waals surface area contributed by atoms with Gasteiger partial charge in [-0.3, -0.25) is 9.38 Å². The van der Waals surface area contributed by atoms with Crippen LogP contribution in [0.2, 0.25) is 10.0 Å². The number of nitrogens with one attached hydrogen (secondary N) is 2. The lowest BCUT2D eigenvalue weighted by atomic mass is 10.1. The number of hydrogen-bond acceptors (Lipinski definition) is 5. The van der Waals surface area contributed by atoms with Crippen molar-refractivity contribution >= 4 is 56.5 Å². The highest BCUT2D eigenvalue weighted by Gasteiger charge is 2.09. The molecule has 5 heterocycles. The van der Waals surface area contributed by atoms with Crippen LogP contribution in [0.4, 0.5) is 5.82 Å². The van der Waals surface area contributed by atoms with Crippen LogP contribution in [-0.4, -0.2) is 29.3 Å². The molecule has 0 saturated carbocycles. The van der Waals surface area contributed by atoms with E-state index in [-0.39, 0.29) is 0 Å². The summed E-state index contributed by atoms with van der Waals surface area (Å²) in [5.41, 5.74) is 5.76. The molecule has 0 aliphatic carbocycles. The van der Waals surface area contributed by atoms with Gasteiger partial charge in [0.25, 0.3) is 0 Å². The fourth-order valence-electron chi connectivity index (χ4n) is 3.94. The van der Waals surface area contributed by atoms with Crippen LogP contribution >= 0.6 is 23.2 Å². The van der Waals surface area contributed by atoms with Crippen LogP contribution in [0.3, 0.4) is 0 Å². The third-order valence-electron chi connectivity index (χ3n) is 5.58. The monoisotopic (exact) mass is 473 g/mol. The van der Waals surface area contributed by atoms with E-state index in [0.717, 1.165) is 50.1 Å². The predicted octanol–water partition coefficient (Wildman–Crippen LogP) is 5.66. The highest BCUT2D eigenvalue weighted by molar-refractivity contribution is 6.35. The van der Waals surface area contributed by atoms with E-state index in [9.17, 15) is 0 Å². The summed E-state index contributed by atoms with van der Waals surface area (Å²) in [7, 11) is 0. The minimum atomic E-state index is 0.577. The Balaban J connectivity index is 1.25. The van der Waals surface area contributed by atoms with Gasteiger partial charge in [0.2, 0.25) is 0 Å². The lowest BCUT2D eigenvalue weighted by Crippen LogP contribution is -2.01. The Labute approximate surface area is 198 Å². The van der Waals surface area contributed by atoms with Crippen molar-refractivity contribution in [2.24, 2.45) is 0 Å². The number of H-pyrrole nitrogens is 1. The number of halogens is 2. The van der Waals surface area contributed by atoms with Gasteiger partial charge in [0.05, 0.1) is 21.1 Å². The minimum absolute atomic E-state index is 0.577. The van der Waals surface area contributed by atoms with E-state index >= 15 is 0 Å². The molecular formula is C24H17Cl2N7. The van der Waals surface area contributed by atoms with Crippen molar-refractivity contribution < 1.29 is 0 Å². The van der Waals surface area contributed by atoms with Crippen molar-refractivity contribution in [3.05, 3.63) is 94.5 Å². The van der Waals surface area contributed by atoms with Gasteiger partial charge in [0, 0.05) is 48.0 Å². The van der Waals surface area contributed by atoms with Gasteiger partial charge in [0.1, 0.15) is 18.3 Å². The molecule has 162 valence electrons. The molecule has 0 spiro atoms. The maximum Gasteiger partial charge on any atom is 0.152 e. The number of aromatic amines is 1. The fourth-order valence-corrected chi connectivity index (χ4v) is 4.31. The van der Waals surface area contributed by atoms with Crippen molar-refractivity contribution in [3.63, 3.8) is 0 Å². The molecule has 7 nitrogen and oxygen atoms in total. The van der Waals surface area contributed by atoms with E-state index in [2.05, 4.69) is 48.4 Å². The first-order valence-corrected chi connectivity index (χ1v) is 11.1. The Hall–Kier alpha value is -3.68. The topological polar surface area (TPSA) is 83.8 Å². The Bertz CT molecular complexity index is 1640. The zero-order valence-corrected chi connectivity index (χ0v) is 18.8. The molecule has 0 bridgehead atoms. The molecule has 0 atom stereocenters. The van der Waals surface area contributed by atoms with Crippen LogP contribution in [0.1, 0.15) is 16.8 Å². The molecule has 2 N–H and O–H groups in total. The van der Waals surface area contributed by atoms with Crippen molar-refractivity contribution in [2.45, 2.75) is 13.0 Å².